The molecule has 1 saturated heterocycles. The molecular formula is C33H48F4N6O2. The molecule has 0 radical (unpaired) electrons. The zero-order valence-electron chi connectivity index (χ0n) is 27.5. The number of halogens is 4. The highest BCUT2D eigenvalue weighted by atomic mass is 19.4. The number of nitrogens with one attached hydrogen (secondary N) is 4. The molecule has 4 N–H and O–H groups in total. The highest BCUT2D eigenvalue weighted by Gasteiger charge is 2.45. The maximum Gasteiger partial charge on any atom is 0.392 e. The van der Waals surface area contributed by atoms with Crippen LogP contribution in [0.2, 0.25) is 0 Å². The van der Waals surface area contributed by atoms with Gasteiger partial charge in [-0.25, -0.2) is 20.2 Å². The van der Waals surface area contributed by atoms with Crippen molar-refractivity contribution in [3.8, 4) is 5.75 Å². The number of hydrazine groups is 1. The third-order valence-electron chi connectivity index (χ3n) is 8.29. The minimum Gasteiger partial charge on any atom is -0.494 e. The Morgan fingerprint density at radius 2 is 1.76 bits per heavy atom. The van der Waals surface area contributed by atoms with Crippen molar-refractivity contribution < 1.29 is 27.1 Å². The number of methoxy groups -OCH3 is 1. The molecule has 1 amide bonds. The third kappa shape index (κ3) is 10.4. The third-order valence-corrected chi connectivity index (χ3v) is 8.29. The molecule has 0 saturated carbocycles. The SMILES string of the molecule is CCC(C)CN(C)CC(C(=O)N/C(=N/C1CC(c2ccc(OC)c(F)c2)NN1)Nc1ccc(C(C)(C)C)cc1)C(C)C(F)(F)F. The van der Waals surface area contributed by atoms with Crippen LogP contribution >= 0.6 is 0 Å². The van der Waals surface area contributed by atoms with Gasteiger partial charge < -0.3 is 15.0 Å². The Labute approximate surface area is 264 Å². The van der Waals surface area contributed by atoms with E-state index in [0.29, 0.717) is 24.2 Å². The molecule has 1 heterocycles. The highest BCUT2D eigenvalue weighted by Crippen LogP contribution is 2.33. The lowest BCUT2D eigenvalue weighted by Gasteiger charge is -2.30. The fourth-order valence-electron chi connectivity index (χ4n) is 5.16. The first-order chi connectivity index (χ1) is 21.0. The minimum atomic E-state index is -4.56. The first kappa shape index (κ1) is 36.3. The molecule has 3 rings (SSSR count). The van der Waals surface area contributed by atoms with Gasteiger partial charge >= 0.3 is 6.18 Å². The molecule has 0 aromatic heterocycles. The van der Waals surface area contributed by atoms with Crippen molar-refractivity contribution in [2.24, 2.45) is 22.7 Å². The molecular weight excluding hydrogens is 588 g/mol. The van der Waals surface area contributed by atoms with Crippen LogP contribution < -0.4 is 26.2 Å². The lowest BCUT2D eigenvalue weighted by atomic mass is 9.87. The molecule has 0 aliphatic carbocycles. The first-order valence-corrected chi connectivity index (χ1v) is 15.4. The molecule has 5 atom stereocenters. The van der Waals surface area contributed by atoms with E-state index in [1.54, 1.807) is 18.0 Å². The van der Waals surface area contributed by atoms with Crippen LogP contribution in [0.3, 0.4) is 0 Å². The second kappa shape index (κ2) is 15.4. The number of hydrogen-bond acceptors (Lipinski definition) is 6. The van der Waals surface area contributed by atoms with E-state index in [4.69, 9.17) is 4.74 Å². The van der Waals surface area contributed by atoms with Crippen LogP contribution in [0.15, 0.2) is 47.5 Å². The monoisotopic (exact) mass is 636 g/mol. The fourth-order valence-corrected chi connectivity index (χ4v) is 5.16. The number of amides is 1. The normalized spacial score (nSPS) is 19.7. The van der Waals surface area contributed by atoms with Gasteiger partial charge in [-0.05, 0) is 53.8 Å². The van der Waals surface area contributed by atoms with E-state index in [1.165, 1.54) is 19.2 Å². The second-order valence-corrected chi connectivity index (χ2v) is 13.1. The van der Waals surface area contributed by atoms with Crippen molar-refractivity contribution in [2.75, 3.05) is 32.6 Å². The predicted octanol–water partition coefficient (Wildman–Crippen LogP) is 6.37. The molecule has 8 nitrogen and oxygen atoms in total. The van der Waals surface area contributed by atoms with Crippen molar-refractivity contribution in [3.05, 3.63) is 59.4 Å². The number of carbonyl (C=O) groups is 1. The van der Waals surface area contributed by atoms with E-state index in [-0.39, 0.29) is 35.6 Å². The topological polar surface area (TPSA) is 90.0 Å². The number of anilines is 1. The molecule has 0 bridgehead atoms. The number of benzene rings is 2. The first-order valence-electron chi connectivity index (χ1n) is 15.4. The quantitative estimate of drug-likeness (QED) is 0.130. The van der Waals surface area contributed by atoms with E-state index in [1.807, 2.05) is 38.1 Å². The summed E-state index contributed by atoms with van der Waals surface area (Å²) < 4.78 is 61.3. The summed E-state index contributed by atoms with van der Waals surface area (Å²) in [6, 6.07) is 11.9. The van der Waals surface area contributed by atoms with Gasteiger partial charge in [-0.1, -0.05) is 66.2 Å². The average molecular weight is 637 g/mol. The van der Waals surface area contributed by atoms with Gasteiger partial charge in [0.25, 0.3) is 0 Å². The smallest absolute Gasteiger partial charge is 0.392 e. The second-order valence-electron chi connectivity index (χ2n) is 13.1. The number of guanidine groups is 1. The molecule has 12 heteroatoms. The molecule has 5 unspecified atom stereocenters. The Kier molecular flexibility index (Phi) is 12.4. The number of ether oxygens (including phenoxy) is 1. The van der Waals surface area contributed by atoms with Crippen LogP contribution in [0, 0.1) is 23.6 Å². The van der Waals surface area contributed by atoms with Crippen molar-refractivity contribution in [3.63, 3.8) is 0 Å². The van der Waals surface area contributed by atoms with Crippen LogP contribution in [-0.4, -0.2) is 56.4 Å². The molecule has 2 aromatic carbocycles. The molecule has 1 aliphatic rings. The summed E-state index contributed by atoms with van der Waals surface area (Å²) in [6.07, 6.45) is -3.89. The number of alkyl halides is 3. The van der Waals surface area contributed by atoms with Crippen LogP contribution in [0.4, 0.5) is 23.2 Å². The zero-order chi connectivity index (χ0) is 33.5. The lowest BCUT2D eigenvalue weighted by molar-refractivity contribution is -0.187. The number of hydrogen-bond donors (Lipinski definition) is 4. The van der Waals surface area contributed by atoms with E-state index in [9.17, 15) is 22.4 Å². The molecule has 2 aromatic rings. The summed E-state index contributed by atoms with van der Waals surface area (Å²) in [7, 11) is 3.12. The van der Waals surface area contributed by atoms with Crippen molar-refractivity contribution in [1.82, 2.24) is 21.1 Å². The van der Waals surface area contributed by atoms with Crippen LogP contribution in [0.25, 0.3) is 0 Å². The molecule has 1 aliphatic heterocycles. The van der Waals surface area contributed by atoms with Crippen molar-refractivity contribution in [2.45, 2.75) is 78.2 Å². The maximum absolute atomic E-state index is 14.4. The average Bonchev–Trinajstić information content (AvgIpc) is 3.43. The van der Waals surface area contributed by atoms with E-state index < -0.39 is 35.9 Å². The lowest BCUT2D eigenvalue weighted by Crippen LogP contribution is -2.49. The molecule has 45 heavy (non-hydrogen) atoms. The molecule has 1 fully saturated rings. The molecule has 250 valence electrons. The number of nitrogens with zero attached hydrogens (tertiary/aromatic N) is 2. The Balaban J connectivity index is 1.88. The highest BCUT2D eigenvalue weighted by molar-refractivity contribution is 6.05. The van der Waals surface area contributed by atoms with Gasteiger partial charge in [0.2, 0.25) is 11.9 Å². The Morgan fingerprint density at radius 1 is 1.09 bits per heavy atom. The summed E-state index contributed by atoms with van der Waals surface area (Å²) in [5.74, 6) is -4.14. The van der Waals surface area contributed by atoms with Crippen LogP contribution in [-0.2, 0) is 10.2 Å². The standard InChI is InChI=1S/C33H48F4N6O2/c1-9-20(2)18-43(7)19-25(21(3)33(35,36)37)30(44)40-31(38-24-13-11-23(12-14-24)32(4,5)6)39-29-17-27(41-42-29)22-10-15-28(45-8)26(34)16-22/h10-16,20-21,25,27,29,41-42H,9,17-19H2,1-8H3,(H2,38,39,40,44). The van der Waals surface area contributed by atoms with Gasteiger partial charge in [0.15, 0.2) is 11.6 Å². The maximum atomic E-state index is 14.4. The van der Waals surface area contributed by atoms with E-state index in [2.05, 4.69) is 47.2 Å². The van der Waals surface area contributed by atoms with E-state index >= 15 is 0 Å². The summed E-state index contributed by atoms with van der Waals surface area (Å²) in [5, 5.41) is 5.77. The van der Waals surface area contributed by atoms with Gasteiger partial charge in [0.05, 0.1) is 18.9 Å². The van der Waals surface area contributed by atoms with Crippen molar-refractivity contribution >= 4 is 17.6 Å². The van der Waals surface area contributed by atoms with Gasteiger partial charge in [0.1, 0.15) is 6.17 Å². The largest absolute Gasteiger partial charge is 0.494 e. The number of rotatable bonds is 11. The Bertz CT molecular complexity index is 1300. The van der Waals surface area contributed by atoms with Gasteiger partial charge in [-0.2, -0.15) is 13.2 Å². The van der Waals surface area contributed by atoms with Gasteiger partial charge in [-0.3, -0.25) is 10.1 Å². The van der Waals surface area contributed by atoms with Gasteiger partial charge in [-0.15, -0.1) is 0 Å². The zero-order valence-corrected chi connectivity index (χ0v) is 27.5. The molecule has 0 spiro atoms. The fraction of sp³-hybridized carbons (Fsp3) is 0.576. The van der Waals surface area contributed by atoms with Crippen LogP contribution in [0.5, 0.6) is 5.75 Å². The Morgan fingerprint density at radius 3 is 2.31 bits per heavy atom. The Hall–Kier alpha value is -3.22. The number of carbonyl (C=O) groups excluding carboxylic acids is 1. The minimum absolute atomic E-state index is 0.00771. The summed E-state index contributed by atoms with van der Waals surface area (Å²) >= 11 is 0. The summed E-state index contributed by atoms with van der Waals surface area (Å²) in [5.41, 5.74) is 8.41. The van der Waals surface area contributed by atoms with E-state index in [0.717, 1.165) is 18.9 Å². The van der Waals surface area contributed by atoms with Crippen LogP contribution in [0.1, 0.15) is 71.6 Å². The summed E-state index contributed by atoms with van der Waals surface area (Å²) in [6.45, 7) is 11.8. The van der Waals surface area contributed by atoms with Crippen molar-refractivity contribution in [1.29, 1.82) is 0 Å². The predicted molar refractivity (Wildman–Crippen MR) is 170 cm³/mol. The number of aliphatic imine (C=N–C) groups is 1. The summed E-state index contributed by atoms with van der Waals surface area (Å²) in [4.78, 5) is 20.0. The van der Waals surface area contributed by atoms with Gasteiger partial charge in [0, 0.05) is 31.2 Å².